The summed E-state index contributed by atoms with van der Waals surface area (Å²) < 4.78 is 35.8. The van der Waals surface area contributed by atoms with Crippen LogP contribution in [0.3, 0.4) is 0 Å². The van der Waals surface area contributed by atoms with Crippen molar-refractivity contribution in [1.82, 2.24) is 20.3 Å². The molecule has 4 aromatic rings. The highest BCUT2D eigenvalue weighted by molar-refractivity contribution is 9.10. The largest absolute Gasteiger partial charge is 0.338 e. The van der Waals surface area contributed by atoms with E-state index in [1.165, 1.54) is 11.3 Å². The monoisotopic (exact) mass is 466 g/mol. The minimum Gasteiger partial charge on any atom is -0.338 e. The van der Waals surface area contributed by atoms with Gasteiger partial charge in [-0.1, -0.05) is 38.4 Å². The van der Waals surface area contributed by atoms with E-state index in [-0.39, 0.29) is 11.8 Å². The lowest BCUT2D eigenvalue weighted by Gasteiger charge is -1.96. The van der Waals surface area contributed by atoms with Crippen LogP contribution in [-0.4, -0.2) is 28.7 Å². The summed E-state index contributed by atoms with van der Waals surface area (Å²) in [5, 5.41) is 11.4. The number of benzene rings is 1. The SMILES string of the molecule is O=S(=O)(Cc1nc(-c2ccsc2)no1)Cc1nc(-c2cccc(Br)c2)no1. The van der Waals surface area contributed by atoms with Crippen LogP contribution < -0.4 is 0 Å². The fraction of sp³-hybridized carbons (Fsp3) is 0.125. The molecule has 0 saturated heterocycles. The molecule has 1 aromatic carbocycles. The van der Waals surface area contributed by atoms with Crippen LogP contribution in [0.15, 0.2) is 54.6 Å². The third kappa shape index (κ3) is 4.31. The molecule has 8 nitrogen and oxygen atoms in total. The minimum absolute atomic E-state index is 0.00236. The van der Waals surface area contributed by atoms with Crippen LogP contribution in [0.25, 0.3) is 22.8 Å². The molecule has 4 rings (SSSR count). The third-order valence-electron chi connectivity index (χ3n) is 3.49. The molecule has 0 aliphatic rings. The van der Waals surface area contributed by atoms with Crippen molar-refractivity contribution in [3.63, 3.8) is 0 Å². The van der Waals surface area contributed by atoms with E-state index >= 15 is 0 Å². The minimum atomic E-state index is -3.62. The maximum absolute atomic E-state index is 12.4. The molecule has 0 unspecified atom stereocenters. The summed E-state index contributed by atoms with van der Waals surface area (Å²) in [5.41, 5.74) is 1.50. The molecular formula is C16H11BrN4O4S2. The Kier molecular flexibility index (Phi) is 4.89. The number of hydrogen-bond acceptors (Lipinski definition) is 9. The van der Waals surface area contributed by atoms with Crippen LogP contribution in [0.1, 0.15) is 11.8 Å². The highest BCUT2D eigenvalue weighted by atomic mass is 79.9. The summed E-state index contributed by atoms with van der Waals surface area (Å²) in [6.07, 6.45) is 0. The molecule has 11 heteroatoms. The van der Waals surface area contributed by atoms with Crippen molar-refractivity contribution in [2.24, 2.45) is 0 Å². The molecule has 138 valence electrons. The van der Waals surface area contributed by atoms with Gasteiger partial charge in [-0.25, -0.2) is 8.42 Å². The lowest BCUT2D eigenvalue weighted by atomic mass is 10.2. The van der Waals surface area contributed by atoms with Crippen molar-refractivity contribution >= 4 is 37.1 Å². The van der Waals surface area contributed by atoms with Crippen molar-refractivity contribution in [2.45, 2.75) is 11.5 Å². The molecule has 0 saturated carbocycles. The Balaban J connectivity index is 1.47. The lowest BCUT2D eigenvalue weighted by molar-refractivity contribution is 0.384. The van der Waals surface area contributed by atoms with Crippen molar-refractivity contribution in [3.8, 4) is 22.8 Å². The Morgan fingerprint density at radius 2 is 1.63 bits per heavy atom. The van der Waals surface area contributed by atoms with E-state index in [0.717, 1.165) is 10.0 Å². The Hall–Kier alpha value is -2.37. The molecule has 0 aliphatic heterocycles. The molecule has 27 heavy (non-hydrogen) atoms. The van der Waals surface area contributed by atoms with Gasteiger partial charge < -0.3 is 9.05 Å². The summed E-state index contributed by atoms with van der Waals surface area (Å²) in [4.78, 5) is 8.27. The highest BCUT2D eigenvalue weighted by Crippen LogP contribution is 2.22. The van der Waals surface area contributed by atoms with Crippen molar-refractivity contribution < 1.29 is 17.5 Å². The Morgan fingerprint density at radius 3 is 2.22 bits per heavy atom. The van der Waals surface area contributed by atoms with E-state index in [4.69, 9.17) is 9.05 Å². The molecule has 0 spiro atoms. The molecule has 3 heterocycles. The zero-order valence-electron chi connectivity index (χ0n) is 13.6. The van der Waals surface area contributed by atoms with Crippen LogP contribution in [0.4, 0.5) is 0 Å². The Bertz CT molecular complexity index is 1170. The van der Waals surface area contributed by atoms with Gasteiger partial charge in [0, 0.05) is 21.0 Å². The maximum Gasteiger partial charge on any atom is 0.242 e. The maximum atomic E-state index is 12.4. The smallest absolute Gasteiger partial charge is 0.242 e. The second-order valence-electron chi connectivity index (χ2n) is 5.58. The van der Waals surface area contributed by atoms with E-state index in [1.54, 1.807) is 6.07 Å². The van der Waals surface area contributed by atoms with Gasteiger partial charge in [0.05, 0.1) is 0 Å². The molecule has 0 aliphatic carbocycles. The molecule has 0 bridgehead atoms. The quantitative estimate of drug-likeness (QED) is 0.422. The molecule has 0 atom stereocenters. The fourth-order valence-corrected chi connectivity index (χ4v) is 4.43. The standard InChI is InChI=1S/C16H11BrN4O4S2/c17-12-3-1-2-10(6-12)15-18-13(24-20-15)8-27(22,23)9-14-19-16(21-25-14)11-4-5-26-7-11/h1-7H,8-9H2. The summed E-state index contributed by atoms with van der Waals surface area (Å²) >= 11 is 4.85. The zero-order chi connectivity index (χ0) is 18.9. The van der Waals surface area contributed by atoms with Gasteiger partial charge in [0.25, 0.3) is 0 Å². The molecule has 0 amide bonds. The number of thiophene rings is 1. The van der Waals surface area contributed by atoms with E-state index < -0.39 is 21.3 Å². The second kappa shape index (κ2) is 7.33. The Morgan fingerprint density at radius 1 is 0.963 bits per heavy atom. The number of halogens is 1. The van der Waals surface area contributed by atoms with Crippen LogP contribution in [0.5, 0.6) is 0 Å². The number of hydrogen-bond donors (Lipinski definition) is 0. The zero-order valence-corrected chi connectivity index (χ0v) is 16.8. The Labute approximate surface area is 166 Å². The van der Waals surface area contributed by atoms with Gasteiger partial charge in [0.1, 0.15) is 11.5 Å². The van der Waals surface area contributed by atoms with Crippen molar-refractivity contribution in [3.05, 3.63) is 57.3 Å². The predicted octanol–water partition coefficient (Wildman–Crippen LogP) is 3.73. The van der Waals surface area contributed by atoms with Crippen LogP contribution in [0.2, 0.25) is 0 Å². The molecule has 3 aromatic heterocycles. The van der Waals surface area contributed by atoms with Gasteiger partial charge in [0.15, 0.2) is 9.84 Å². The van der Waals surface area contributed by atoms with Gasteiger partial charge in [-0.05, 0) is 23.6 Å². The second-order valence-corrected chi connectivity index (χ2v) is 9.34. The normalized spacial score (nSPS) is 11.7. The van der Waals surface area contributed by atoms with Gasteiger partial charge in [0.2, 0.25) is 23.4 Å². The number of sulfone groups is 1. The first-order valence-corrected chi connectivity index (χ1v) is 11.2. The van der Waals surface area contributed by atoms with Gasteiger partial charge in [-0.3, -0.25) is 0 Å². The van der Waals surface area contributed by atoms with E-state index in [1.807, 2.05) is 35.0 Å². The summed E-state index contributed by atoms with van der Waals surface area (Å²) in [6.45, 7) is 0. The summed E-state index contributed by atoms with van der Waals surface area (Å²) in [6, 6.07) is 9.14. The molecule has 0 radical (unpaired) electrons. The molecule has 0 fully saturated rings. The van der Waals surface area contributed by atoms with Gasteiger partial charge in [-0.15, -0.1) is 0 Å². The topological polar surface area (TPSA) is 112 Å². The first kappa shape index (κ1) is 18.0. The van der Waals surface area contributed by atoms with E-state index in [2.05, 4.69) is 36.2 Å². The van der Waals surface area contributed by atoms with Gasteiger partial charge >= 0.3 is 0 Å². The lowest BCUT2D eigenvalue weighted by Crippen LogP contribution is -2.08. The van der Waals surface area contributed by atoms with Crippen LogP contribution >= 0.6 is 27.3 Å². The number of aromatic nitrogens is 4. The van der Waals surface area contributed by atoms with E-state index in [9.17, 15) is 8.42 Å². The average Bonchev–Trinajstić information content (AvgIpc) is 3.35. The summed E-state index contributed by atoms with van der Waals surface area (Å²) in [5.74, 6) is -0.121. The third-order valence-corrected chi connectivity index (χ3v) is 6.04. The van der Waals surface area contributed by atoms with Crippen molar-refractivity contribution in [2.75, 3.05) is 0 Å². The van der Waals surface area contributed by atoms with Gasteiger partial charge in [-0.2, -0.15) is 21.3 Å². The molecular weight excluding hydrogens is 456 g/mol. The first-order valence-electron chi connectivity index (χ1n) is 7.63. The van der Waals surface area contributed by atoms with Crippen molar-refractivity contribution in [1.29, 1.82) is 0 Å². The highest BCUT2D eigenvalue weighted by Gasteiger charge is 2.22. The van der Waals surface area contributed by atoms with E-state index in [0.29, 0.717) is 17.2 Å². The van der Waals surface area contributed by atoms with Crippen LogP contribution in [0, 0.1) is 0 Å². The summed E-state index contributed by atoms with van der Waals surface area (Å²) in [7, 11) is -3.62. The first-order chi connectivity index (χ1) is 13.0. The average molecular weight is 467 g/mol. The van der Waals surface area contributed by atoms with Crippen LogP contribution in [-0.2, 0) is 21.3 Å². The number of nitrogens with zero attached hydrogens (tertiary/aromatic N) is 4. The fourth-order valence-electron chi connectivity index (χ4n) is 2.31. The molecule has 0 N–H and O–H groups in total. The number of rotatable bonds is 6. The predicted molar refractivity (Wildman–Crippen MR) is 101 cm³/mol.